The minimum atomic E-state index is 0.0521. The zero-order chi connectivity index (χ0) is 14.7. The number of piperidine rings is 1. The van der Waals surface area contributed by atoms with Crippen molar-refractivity contribution < 1.29 is 4.79 Å². The molecule has 0 saturated carbocycles. The first kappa shape index (κ1) is 13.8. The molecule has 1 fully saturated rings. The third-order valence-corrected chi connectivity index (χ3v) is 4.01. The van der Waals surface area contributed by atoms with Crippen LogP contribution in [0.1, 0.15) is 23.3 Å². The molecule has 0 spiro atoms. The summed E-state index contributed by atoms with van der Waals surface area (Å²) in [6.45, 7) is 1.58. The molecule has 1 saturated heterocycles. The van der Waals surface area contributed by atoms with Gasteiger partial charge in [0.05, 0.1) is 12.5 Å². The van der Waals surface area contributed by atoms with E-state index in [0.717, 1.165) is 31.6 Å². The molecule has 3 rings (SSSR count). The van der Waals surface area contributed by atoms with Crippen molar-refractivity contribution in [3.05, 3.63) is 48.5 Å². The molecule has 1 amide bonds. The van der Waals surface area contributed by atoms with Gasteiger partial charge in [-0.1, -0.05) is 18.2 Å². The van der Waals surface area contributed by atoms with Crippen LogP contribution in [0.3, 0.4) is 0 Å². The third-order valence-electron chi connectivity index (χ3n) is 4.01. The smallest absolute Gasteiger partial charge is 0.272 e. The molecule has 1 atom stereocenters. The Morgan fingerprint density at radius 1 is 1.33 bits per heavy atom. The van der Waals surface area contributed by atoms with E-state index in [1.807, 2.05) is 46.8 Å². The fraction of sp³-hybridized carbons (Fsp3) is 0.375. The average molecular weight is 284 g/mol. The highest BCUT2D eigenvalue weighted by molar-refractivity contribution is 5.93. The minimum absolute atomic E-state index is 0.0521. The van der Waals surface area contributed by atoms with Gasteiger partial charge in [-0.3, -0.25) is 9.36 Å². The molecule has 0 bridgehead atoms. The van der Waals surface area contributed by atoms with E-state index in [1.165, 1.54) is 0 Å². The largest absolute Gasteiger partial charge is 0.336 e. The SMILES string of the molecule is CN[C@H]1CCCN(C(=O)c2cncn2-c2ccccc2)C1. The van der Waals surface area contributed by atoms with Crippen LogP contribution in [0, 0.1) is 0 Å². The number of hydrogen-bond acceptors (Lipinski definition) is 3. The fourth-order valence-corrected chi connectivity index (χ4v) is 2.81. The molecule has 1 aromatic heterocycles. The lowest BCUT2D eigenvalue weighted by molar-refractivity contribution is 0.0690. The molecular weight excluding hydrogens is 264 g/mol. The maximum Gasteiger partial charge on any atom is 0.272 e. The summed E-state index contributed by atoms with van der Waals surface area (Å²) in [5, 5.41) is 3.26. The third kappa shape index (κ3) is 2.83. The highest BCUT2D eigenvalue weighted by Crippen LogP contribution is 2.16. The summed E-state index contributed by atoms with van der Waals surface area (Å²) in [4.78, 5) is 18.8. The second-order valence-electron chi connectivity index (χ2n) is 5.36. The summed E-state index contributed by atoms with van der Waals surface area (Å²) in [5.74, 6) is 0.0521. The second kappa shape index (κ2) is 6.10. The van der Waals surface area contributed by atoms with Crippen molar-refractivity contribution in [3.63, 3.8) is 0 Å². The number of amides is 1. The lowest BCUT2D eigenvalue weighted by Crippen LogP contribution is -2.47. The quantitative estimate of drug-likeness (QED) is 0.933. The number of para-hydroxylation sites is 1. The van der Waals surface area contributed by atoms with E-state index in [2.05, 4.69) is 10.3 Å². The highest BCUT2D eigenvalue weighted by Gasteiger charge is 2.25. The number of likely N-dealkylation sites (tertiary alicyclic amines) is 1. The molecule has 2 heterocycles. The monoisotopic (exact) mass is 284 g/mol. The molecule has 0 radical (unpaired) electrons. The van der Waals surface area contributed by atoms with E-state index >= 15 is 0 Å². The van der Waals surface area contributed by atoms with Crippen molar-refractivity contribution >= 4 is 5.91 Å². The van der Waals surface area contributed by atoms with Crippen LogP contribution in [0.25, 0.3) is 5.69 Å². The zero-order valence-electron chi connectivity index (χ0n) is 12.2. The molecule has 1 aliphatic rings. The van der Waals surface area contributed by atoms with E-state index in [9.17, 15) is 4.79 Å². The number of nitrogens with one attached hydrogen (secondary N) is 1. The Kier molecular flexibility index (Phi) is 4.01. The number of carbonyl (C=O) groups excluding carboxylic acids is 1. The molecule has 5 nitrogen and oxygen atoms in total. The van der Waals surface area contributed by atoms with Crippen molar-refractivity contribution in [2.24, 2.45) is 0 Å². The van der Waals surface area contributed by atoms with E-state index in [0.29, 0.717) is 11.7 Å². The van der Waals surface area contributed by atoms with Crippen molar-refractivity contribution in [1.82, 2.24) is 19.8 Å². The van der Waals surface area contributed by atoms with Crippen molar-refractivity contribution in [2.45, 2.75) is 18.9 Å². The number of aromatic nitrogens is 2. The summed E-state index contributed by atoms with van der Waals surface area (Å²) in [7, 11) is 1.95. The van der Waals surface area contributed by atoms with Gasteiger partial charge in [0.1, 0.15) is 5.69 Å². The van der Waals surface area contributed by atoms with Crippen LogP contribution in [0.5, 0.6) is 0 Å². The van der Waals surface area contributed by atoms with Crippen LogP contribution in [-0.4, -0.2) is 46.5 Å². The summed E-state index contributed by atoms with van der Waals surface area (Å²) >= 11 is 0. The van der Waals surface area contributed by atoms with E-state index < -0.39 is 0 Å². The predicted octanol–water partition coefficient (Wildman–Crippen LogP) is 1.70. The lowest BCUT2D eigenvalue weighted by Gasteiger charge is -2.32. The number of hydrogen-bond donors (Lipinski definition) is 1. The molecule has 5 heteroatoms. The molecule has 0 aliphatic carbocycles. The number of carbonyl (C=O) groups is 1. The van der Waals surface area contributed by atoms with Gasteiger partial charge in [-0.25, -0.2) is 4.98 Å². The maximum absolute atomic E-state index is 12.8. The van der Waals surface area contributed by atoms with Gasteiger partial charge in [0.2, 0.25) is 0 Å². The summed E-state index contributed by atoms with van der Waals surface area (Å²) in [6, 6.07) is 10.2. The van der Waals surface area contributed by atoms with E-state index in [-0.39, 0.29) is 5.91 Å². The number of imidazole rings is 1. The standard InChI is InChI=1S/C16H20N4O/c1-17-13-6-5-9-19(11-13)16(21)15-10-18-12-20(15)14-7-3-2-4-8-14/h2-4,7-8,10,12-13,17H,5-6,9,11H2,1H3/t13-/m0/s1. The predicted molar refractivity (Wildman–Crippen MR) is 81.5 cm³/mol. The van der Waals surface area contributed by atoms with Crippen LogP contribution >= 0.6 is 0 Å². The molecular formula is C16H20N4O. The summed E-state index contributed by atoms with van der Waals surface area (Å²) < 4.78 is 1.85. The van der Waals surface area contributed by atoms with Crippen LogP contribution in [0.2, 0.25) is 0 Å². The van der Waals surface area contributed by atoms with Gasteiger partial charge < -0.3 is 10.2 Å². The maximum atomic E-state index is 12.8. The number of rotatable bonds is 3. The Balaban J connectivity index is 1.84. The topological polar surface area (TPSA) is 50.2 Å². The van der Waals surface area contributed by atoms with Crippen LogP contribution < -0.4 is 5.32 Å². The Morgan fingerprint density at radius 3 is 2.90 bits per heavy atom. The van der Waals surface area contributed by atoms with Crippen molar-refractivity contribution in [1.29, 1.82) is 0 Å². The number of nitrogens with zero attached hydrogens (tertiary/aromatic N) is 3. The minimum Gasteiger partial charge on any atom is -0.336 e. The first-order valence-electron chi connectivity index (χ1n) is 7.34. The van der Waals surface area contributed by atoms with Crippen molar-refractivity contribution in [2.75, 3.05) is 20.1 Å². The van der Waals surface area contributed by atoms with Crippen LogP contribution in [0.15, 0.2) is 42.9 Å². The van der Waals surface area contributed by atoms with Crippen LogP contribution in [0.4, 0.5) is 0 Å². The second-order valence-corrected chi connectivity index (χ2v) is 5.36. The molecule has 1 aliphatic heterocycles. The first-order chi connectivity index (χ1) is 10.3. The van der Waals surface area contributed by atoms with Gasteiger partial charge in [-0.2, -0.15) is 0 Å². The molecule has 2 aromatic rings. The molecule has 1 N–H and O–H groups in total. The van der Waals surface area contributed by atoms with E-state index in [4.69, 9.17) is 0 Å². The van der Waals surface area contributed by atoms with Gasteiger partial charge in [0, 0.05) is 24.8 Å². The molecule has 21 heavy (non-hydrogen) atoms. The normalized spacial score (nSPS) is 18.7. The average Bonchev–Trinajstić information content (AvgIpc) is 3.04. The molecule has 1 aromatic carbocycles. The molecule has 110 valence electrons. The van der Waals surface area contributed by atoms with E-state index in [1.54, 1.807) is 12.5 Å². The van der Waals surface area contributed by atoms with Crippen molar-refractivity contribution in [3.8, 4) is 5.69 Å². The zero-order valence-corrected chi connectivity index (χ0v) is 12.2. The summed E-state index contributed by atoms with van der Waals surface area (Å²) in [6.07, 6.45) is 5.51. The van der Waals surface area contributed by atoms with Gasteiger partial charge >= 0.3 is 0 Å². The Bertz CT molecular complexity index is 608. The Morgan fingerprint density at radius 2 is 2.14 bits per heavy atom. The van der Waals surface area contributed by atoms with Crippen LogP contribution in [-0.2, 0) is 0 Å². The Labute approximate surface area is 124 Å². The lowest BCUT2D eigenvalue weighted by atomic mass is 10.1. The Hall–Kier alpha value is -2.14. The highest BCUT2D eigenvalue weighted by atomic mass is 16.2. The number of benzene rings is 1. The fourth-order valence-electron chi connectivity index (χ4n) is 2.81. The molecule has 0 unspecified atom stereocenters. The summed E-state index contributed by atoms with van der Waals surface area (Å²) in [5.41, 5.74) is 1.58. The first-order valence-corrected chi connectivity index (χ1v) is 7.34. The van der Waals surface area contributed by atoms with Gasteiger partial charge in [0.25, 0.3) is 5.91 Å². The number of likely N-dealkylation sites (N-methyl/N-ethyl adjacent to an activating group) is 1. The van der Waals surface area contributed by atoms with Gasteiger partial charge in [0.15, 0.2) is 0 Å². The van der Waals surface area contributed by atoms with Gasteiger partial charge in [-0.15, -0.1) is 0 Å². The van der Waals surface area contributed by atoms with Gasteiger partial charge in [-0.05, 0) is 32.0 Å².